The summed E-state index contributed by atoms with van der Waals surface area (Å²) in [6, 6.07) is 5.89. The SMILES string of the molecule is C1COCC[NH2+]1.NC1Cc2ccc([C-]=O)cc2C1. The maximum atomic E-state index is 10.3. The van der Waals surface area contributed by atoms with E-state index in [1.807, 2.05) is 18.4 Å². The molecule has 1 atom stereocenters. The summed E-state index contributed by atoms with van der Waals surface area (Å²) in [7, 11) is 0. The molecule has 0 aromatic heterocycles. The van der Waals surface area contributed by atoms with Gasteiger partial charge in [0, 0.05) is 6.04 Å². The second kappa shape index (κ2) is 6.64. The Balaban J connectivity index is 0.000000169. The topological polar surface area (TPSA) is 68.9 Å². The van der Waals surface area contributed by atoms with Gasteiger partial charge in [0.1, 0.15) is 0 Å². The van der Waals surface area contributed by atoms with E-state index in [1.54, 1.807) is 6.07 Å². The number of ether oxygens (including phenoxy) is 1. The van der Waals surface area contributed by atoms with Gasteiger partial charge in [0.15, 0.2) is 0 Å². The second-order valence-electron chi connectivity index (χ2n) is 4.73. The van der Waals surface area contributed by atoms with Crippen LogP contribution in [0.1, 0.15) is 16.7 Å². The first-order chi connectivity index (χ1) is 8.79. The third kappa shape index (κ3) is 3.63. The number of hydrogen-bond acceptors (Lipinski definition) is 3. The molecular weight excluding hydrogens is 228 g/mol. The summed E-state index contributed by atoms with van der Waals surface area (Å²) < 4.78 is 5.04. The molecule has 2 aliphatic rings. The highest BCUT2D eigenvalue weighted by atomic mass is 16.5. The lowest BCUT2D eigenvalue weighted by Crippen LogP contribution is -2.87. The largest absolute Gasteiger partial charge is 0.376 e. The Morgan fingerprint density at radius 1 is 1.22 bits per heavy atom. The summed E-state index contributed by atoms with van der Waals surface area (Å²) in [6.07, 6.45) is 3.71. The molecule has 0 amide bonds. The molecule has 0 spiro atoms. The maximum absolute atomic E-state index is 10.3. The van der Waals surface area contributed by atoms with Gasteiger partial charge in [-0.1, -0.05) is 11.1 Å². The van der Waals surface area contributed by atoms with Crippen LogP contribution in [0, 0.1) is 0 Å². The van der Waals surface area contributed by atoms with Crippen LogP contribution in [0.15, 0.2) is 18.2 Å². The van der Waals surface area contributed by atoms with Crippen LogP contribution >= 0.6 is 0 Å². The van der Waals surface area contributed by atoms with Crippen LogP contribution in [0.5, 0.6) is 0 Å². The van der Waals surface area contributed by atoms with E-state index >= 15 is 0 Å². The van der Waals surface area contributed by atoms with E-state index < -0.39 is 0 Å². The lowest BCUT2D eigenvalue weighted by molar-refractivity contribution is -0.670. The molecule has 1 aromatic carbocycles. The van der Waals surface area contributed by atoms with E-state index in [9.17, 15) is 4.79 Å². The van der Waals surface area contributed by atoms with Crippen LogP contribution in [0.3, 0.4) is 0 Å². The van der Waals surface area contributed by atoms with Gasteiger partial charge in [0.25, 0.3) is 0 Å². The molecule has 1 heterocycles. The van der Waals surface area contributed by atoms with Gasteiger partial charge < -0.3 is 20.6 Å². The monoisotopic (exact) mass is 248 g/mol. The summed E-state index contributed by atoms with van der Waals surface area (Å²) in [4.78, 5) is 10.3. The molecule has 1 aliphatic heterocycles. The Morgan fingerprint density at radius 3 is 2.50 bits per heavy atom. The number of rotatable bonds is 1. The van der Waals surface area contributed by atoms with Crippen molar-refractivity contribution in [2.75, 3.05) is 26.3 Å². The van der Waals surface area contributed by atoms with Crippen LogP contribution in [-0.2, 0) is 22.4 Å². The summed E-state index contributed by atoms with van der Waals surface area (Å²) in [5, 5.41) is 2.27. The number of nitrogens with two attached hydrogens (primary N) is 2. The zero-order valence-corrected chi connectivity index (χ0v) is 10.5. The number of carbonyl (C=O) groups excluding carboxylic acids is 1. The van der Waals surface area contributed by atoms with E-state index in [-0.39, 0.29) is 6.04 Å². The maximum Gasteiger partial charge on any atom is 0.0993 e. The van der Waals surface area contributed by atoms with Gasteiger partial charge in [-0.2, -0.15) is 17.7 Å². The zero-order chi connectivity index (χ0) is 12.8. The molecular formula is C14H20N2O2. The fourth-order valence-corrected chi connectivity index (χ4v) is 2.30. The van der Waals surface area contributed by atoms with Crippen molar-refractivity contribution in [3.63, 3.8) is 0 Å². The van der Waals surface area contributed by atoms with Gasteiger partial charge in [0.2, 0.25) is 0 Å². The van der Waals surface area contributed by atoms with Crippen molar-refractivity contribution >= 4 is 6.29 Å². The average Bonchev–Trinajstić information content (AvgIpc) is 2.80. The van der Waals surface area contributed by atoms with Gasteiger partial charge in [0.05, 0.1) is 32.6 Å². The first kappa shape index (κ1) is 13.2. The molecule has 98 valence electrons. The molecule has 4 heteroatoms. The highest BCUT2D eigenvalue weighted by Crippen LogP contribution is 2.21. The molecule has 0 saturated carbocycles. The molecule has 4 nitrogen and oxygen atoms in total. The molecule has 18 heavy (non-hydrogen) atoms. The molecule has 4 N–H and O–H groups in total. The number of hydrogen-bond donors (Lipinski definition) is 2. The Labute approximate surface area is 108 Å². The van der Waals surface area contributed by atoms with Crippen molar-refractivity contribution < 1.29 is 14.8 Å². The predicted octanol–water partition coefficient (Wildman–Crippen LogP) is -0.850. The molecule has 1 saturated heterocycles. The second-order valence-corrected chi connectivity index (χ2v) is 4.73. The van der Waals surface area contributed by atoms with Crippen LogP contribution in [0.4, 0.5) is 0 Å². The Hall–Kier alpha value is -1.23. The molecule has 3 rings (SSSR count). The smallest absolute Gasteiger partial charge is 0.0993 e. The normalized spacial score (nSPS) is 21.7. The summed E-state index contributed by atoms with van der Waals surface area (Å²) in [6.45, 7) is 4.19. The fourth-order valence-electron chi connectivity index (χ4n) is 2.30. The lowest BCUT2D eigenvalue weighted by Gasteiger charge is -2.07. The Kier molecular flexibility index (Phi) is 4.87. The predicted molar refractivity (Wildman–Crippen MR) is 69.1 cm³/mol. The molecule has 1 fully saturated rings. The Bertz CT molecular complexity index is 391. The standard InChI is InChI=1S/C10H10NO.C4H9NO/c11-10-4-8-2-1-7(6-12)3-9(8)5-10;1-3-6-4-2-5-1/h1-3,10H,4-5,11H2;5H,1-4H2/q-1;/p+1. The van der Waals surface area contributed by atoms with Gasteiger partial charge in [-0.25, -0.2) is 0 Å². The first-order valence-corrected chi connectivity index (χ1v) is 6.44. The molecule has 1 aromatic rings. The molecule has 0 radical (unpaired) electrons. The van der Waals surface area contributed by atoms with Crippen LogP contribution in [0.25, 0.3) is 0 Å². The highest BCUT2D eigenvalue weighted by Gasteiger charge is 2.14. The van der Waals surface area contributed by atoms with Gasteiger partial charge in [-0.15, -0.1) is 6.07 Å². The fraction of sp³-hybridized carbons (Fsp3) is 0.500. The highest BCUT2D eigenvalue weighted by molar-refractivity contribution is 5.76. The quantitative estimate of drug-likeness (QED) is 0.636. The summed E-state index contributed by atoms with van der Waals surface area (Å²) in [5.74, 6) is 0. The minimum absolute atomic E-state index is 0.238. The van der Waals surface area contributed by atoms with Crippen molar-refractivity contribution in [2.45, 2.75) is 18.9 Å². The molecule has 1 unspecified atom stereocenters. The van der Waals surface area contributed by atoms with Crippen molar-refractivity contribution in [1.29, 1.82) is 0 Å². The van der Waals surface area contributed by atoms with Crippen LogP contribution in [0.2, 0.25) is 0 Å². The number of fused-ring (bicyclic) bond motifs is 1. The van der Waals surface area contributed by atoms with E-state index in [2.05, 4.69) is 5.32 Å². The van der Waals surface area contributed by atoms with E-state index in [0.717, 1.165) is 39.1 Å². The summed E-state index contributed by atoms with van der Waals surface area (Å²) >= 11 is 0. The van der Waals surface area contributed by atoms with Crippen molar-refractivity contribution in [3.8, 4) is 0 Å². The number of benzene rings is 1. The van der Waals surface area contributed by atoms with Crippen molar-refractivity contribution in [1.82, 2.24) is 0 Å². The van der Waals surface area contributed by atoms with Crippen molar-refractivity contribution in [3.05, 3.63) is 34.9 Å². The van der Waals surface area contributed by atoms with Gasteiger partial charge in [-0.3, -0.25) is 0 Å². The third-order valence-electron chi connectivity index (χ3n) is 3.22. The number of morpholine rings is 1. The minimum atomic E-state index is 0.238. The van der Waals surface area contributed by atoms with Crippen molar-refractivity contribution in [2.24, 2.45) is 5.73 Å². The van der Waals surface area contributed by atoms with E-state index in [1.165, 1.54) is 11.1 Å². The third-order valence-corrected chi connectivity index (χ3v) is 3.22. The zero-order valence-electron chi connectivity index (χ0n) is 10.5. The Morgan fingerprint density at radius 2 is 1.94 bits per heavy atom. The number of quaternary nitrogens is 1. The van der Waals surface area contributed by atoms with E-state index in [4.69, 9.17) is 10.5 Å². The summed E-state index contributed by atoms with van der Waals surface area (Å²) in [5.41, 5.74) is 8.90. The first-order valence-electron chi connectivity index (χ1n) is 6.44. The van der Waals surface area contributed by atoms with Crippen LogP contribution in [-0.4, -0.2) is 38.6 Å². The van der Waals surface area contributed by atoms with Gasteiger partial charge in [-0.05, 0) is 12.8 Å². The van der Waals surface area contributed by atoms with Crippen LogP contribution < -0.4 is 11.1 Å². The minimum Gasteiger partial charge on any atom is -0.376 e. The van der Waals surface area contributed by atoms with Gasteiger partial charge >= 0.3 is 0 Å². The van der Waals surface area contributed by atoms with E-state index in [0.29, 0.717) is 5.56 Å². The lowest BCUT2D eigenvalue weighted by atomic mass is 10.1. The molecule has 0 bridgehead atoms. The average molecular weight is 248 g/mol. The molecule has 1 aliphatic carbocycles.